The molecule has 4 heteroatoms. The third-order valence-electron chi connectivity index (χ3n) is 6.56. The van der Waals surface area contributed by atoms with E-state index in [1.807, 2.05) is 6.33 Å². The number of hydrogen-bond acceptors (Lipinski definition) is 2. The van der Waals surface area contributed by atoms with Crippen molar-refractivity contribution in [2.45, 2.75) is 33.5 Å². The molecule has 0 aliphatic carbocycles. The summed E-state index contributed by atoms with van der Waals surface area (Å²) in [6.07, 6.45) is 1.98. The fraction of sp³-hybridized carbons (Fsp3) is 0.280. The van der Waals surface area contributed by atoms with Crippen LogP contribution in [0, 0.1) is 13.8 Å². The molecule has 0 saturated carbocycles. The molecule has 0 unspecified atom stereocenters. The first kappa shape index (κ1) is 18.3. The van der Waals surface area contributed by atoms with Crippen molar-refractivity contribution in [2.24, 2.45) is 7.05 Å². The first-order chi connectivity index (χ1) is 13.7. The van der Waals surface area contributed by atoms with Crippen molar-refractivity contribution in [1.29, 1.82) is 0 Å². The maximum Gasteiger partial charge on any atom is 0.287 e. The molecule has 4 aromatic rings. The SMILES string of the molecule is Cc1c2c(c(C)c3ccccc13)N(C)c1cc([Si](C)(C)C)cc3nc[n+](C)c-2c13. The fourth-order valence-electron chi connectivity index (χ4n) is 4.93. The highest BCUT2D eigenvalue weighted by Gasteiger charge is 2.33. The van der Waals surface area contributed by atoms with Crippen LogP contribution in [0.2, 0.25) is 19.6 Å². The van der Waals surface area contributed by atoms with Crippen LogP contribution in [-0.4, -0.2) is 20.1 Å². The lowest BCUT2D eigenvalue weighted by Crippen LogP contribution is -2.39. The molecule has 5 rings (SSSR count). The van der Waals surface area contributed by atoms with Crippen LogP contribution in [0.25, 0.3) is 32.9 Å². The van der Waals surface area contributed by atoms with Crippen molar-refractivity contribution in [2.75, 3.05) is 11.9 Å². The maximum absolute atomic E-state index is 4.84. The average Bonchev–Trinajstić information content (AvgIpc) is 2.69. The van der Waals surface area contributed by atoms with Gasteiger partial charge in [0.2, 0.25) is 0 Å². The van der Waals surface area contributed by atoms with E-state index >= 15 is 0 Å². The second kappa shape index (κ2) is 5.89. The lowest BCUT2D eigenvalue weighted by atomic mass is 9.87. The van der Waals surface area contributed by atoms with Crippen LogP contribution >= 0.6 is 0 Å². The lowest BCUT2D eigenvalue weighted by molar-refractivity contribution is -0.662. The van der Waals surface area contributed by atoms with E-state index in [1.54, 1.807) is 0 Å². The molecule has 0 amide bonds. The number of hydrogen-bond donors (Lipinski definition) is 0. The standard InChI is InChI=1S/C25H28N3Si/c1-15-18-10-8-9-11-19(18)16(2)24-22(15)25-23-20(26-14-27(25)3)12-17(29(5,6)7)13-21(23)28(24)4/h8-14H,1-7H3/q+1. The van der Waals surface area contributed by atoms with Crippen molar-refractivity contribution in [3.63, 3.8) is 0 Å². The zero-order chi connectivity index (χ0) is 20.7. The largest absolute Gasteiger partial charge is 0.343 e. The predicted octanol–water partition coefficient (Wildman–Crippen LogP) is 5.12. The summed E-state index contributed by atoms with van der Waals surface area (Å²) in [5, 5.41) is 5.40. The molecule has 1 aliphatic rings. The molecule has 0 radical (unpaired) electrons. The number of aryl methyl sites for hydroxylation is 3. The summed E-state index contributed by atoms with van der Waals surface area (Å²) in [6.45, 7) is 11.8. The van der Waals surface area contributed by atoms with Crippen molar-refractivity contribution in [1.82, 2.24) is 4.98 Å². The quantitative estimate of drug-likeness (QED) is 0.327. The Morgan fingerprint density at radius 3 is 2.28 bits per heavy atom. The van der Waals surface area contributed by atoms with Crippen LogP contribution in [0.1, 0.15) is 11.1 Å². The van der Waals surface area contributed by atoms with Gasteiger partial charge in [-0.2, -0.15) is 0 Å². The van der Waals surface area contributed by atoms with Crippen LogP contribution in [-0.2, 0) is 7.05 Å². The Balaban J connectivity index is 2.02. The summed E-state index contributed by atoms with van der Waals surface area (Å²) in [5.74, 6) is 0. The van der Waals surface area contributed by atoms with Gasteiger partial charge in [0.15, 0.2) is 5.52 Å². The van der Waals surface area contributed by atoms with E-state index < -0.39 is 8.07 Å². The second-order valence-corrected chi connectivity index (χ2v) is 14.5. The Kier molecular flexibility index (Phi) is 3.72. The molecule has 0 spiro atoms. The van der Waals surface area contributed by atoms with E-state index in [9.17, 15) is 0 Å². The molecule has 0 fully saturated rings. The van der Waals surface area contributed by atoms with Crippen molar-refractivity contribution in [3.05, 3.63) is 53.9 Å². The smallest absolute Gasteiger partial charge is 0.287 e. The van der Waals surface area contributed by atoms with Gasteiger partial charge in [0.1, 0.15) is 5.69 Å². The molecular formula is C25H28N3Si+. The summed E-state index contributed by atoms with van der Waals surface area (Å²) in [6, 6.07) is 13.5. The monoisotopic (exact) mass is 398 g/mol. The molecule has 0 saturated heterocycles. The maximum atomic E-state index is 4.84. The molecule has 0 N–H and O–H groups in total. The summed E-state index contributed by atoms with van der Waals surface area (Å²) in [4.78, 5) is 7.25. The minimum absolute atomic E-state index is 1.11. The number of benzene rings is 3. The summed E-state index contributed by atoms with van der Waals surface area (Å²) < 4.78 is 2.20. The summed E-state index contributed by atoms with van der Waals surface area (Å²) >= 11 is 0. The van der Waals surface area contributed by atoms with Crippen LogP contribution in [0.15, 0.2) is 42.7 Å². The van der Waals surface area contributed by atoms with Gasteiger partial charge in [-0.15, -0.1) is 0 Å². The number of rotatable bonds is 1. The number of nitrogens with zero attached hydrogens (tertiary/aromatic N) is 3. The normalized spacial score (nSPS) is 13.3. The molecule has 146 valence electrons. The number of aromatic nitrogens is 2. The van der Waals surface area contributed by atoms with Gasteiger partial charge < -0.3 is 4.90 Å². The Bertz CT molecular complexity index is 1330. The zero-order valence-corrected chi connectivity index (χ0v) is 19.4. The Labute approximate surface area is 173 Å². The minimum atomic E-state index is -1.47. The molecule has 2 heterocycles. The van der Waals surface area contributed by atoms with Gasteiger partial charge in [-0.25, -0.2) is 4.57 Å². The van der Waals surface area contributed by atoms with Crippen LogP contribution in [0.3, 0.4) is 0 Å². The molecule has 1 aromatic heterocycles. The highest BCUT2D eigenvalue weighted by atomic mass is 28.3. The van der Waals surface area contributed by atoms with E-state index in [0.29, 0.717) is 0 Å². The Morgan fingerprint density at radius 1 is 0.966 bits per heavy atom. The summed E-state index contributed by atoms with van der Waals surface area (Å²) in [5.41, 5.74) is 9.02. The topological polar surface area (TPSA) is 20.0 Å². The second-order valence-electron chi connectivity index (χ2n) is 9.42. The Morgan fingerprint density at radius 2 is 1.62 bits per heavy atom. The Hall–Kier alpha value is -2.72. The van der Waals surface area contributed by atoms with Gasteiger partial charge in [0.25, 0.3) is 6.33 Å². The molecule has 1 aliphatic heterocycles. The van der Waals surface area contributed by atoms with Gasteiger partial charge in [-0.1, -0.05) is 49.1 Å². The van der Waals surface area contributed by atoms with Crippen LogP contribution in [0.4, 0.5) is 11.4 Å². The number of anilines is 2. The van der Waals surface area contributed by atoms with Crippen LogP contribution in [0.5, 0.6) is 0 Å². The van der Waals surface area contributed by atoms with Crippen molar-refractivity contribution < 1.29 is 4.57 Å². The van der Waals surface area contributed by atoms with Gasteiger partial charge in [0.05, 0.1) is 31.9 Å². The fourth-order valence-corrected chi connectivity index (χ4v) is 6.07. The highest BCUT2D eigenvalue weighted by molar-refractivity contribution is 6.88. The first-order valence-electron chi connectivity index (χ1n) is 10.3. The van der Waals surface area contributed by atoms with E-state index in [0.717, 1.165) is 5.52 Å². The van der Waals surface area contributed by atoms with E-state index in [4.69, 9.17) is 4.98 Å². The highest BCUT2D eigenvalue weighted by Crippen LogP contribution is 2.49. The molecule has 3 nitrogen and oxygen atoms in total. The van der Waals surface area contributed by atoms with Crippen molar-refractivity contribution >= 4 is 46.3 Å². The number of fused-ring (bicyclic) bond motifs is 3. The summed E-state index contributed by atoms with van der Waals surface area (Å²) in [7, 11) is 2.88. The van der Waals surface area contributed by atoms with Gasteiger partial charge in [0, 0.05) is 12.6 Å². The molecule has 0 bridgehead atoms. The molecule has 29 heavy (non-hydrogen) atoms. The van der Waals surface area contributed by atoms with E-state index in [1.165, 1.54) is 55.1 Å². The third kappa shape index (κ3) is 2.42. The minimum Gasteiger partial charge on any atom is -0.343 e. The molecular weight excluding hydrogens is 370 g/mol. The molecule has 3 aromatic carbocycles. The first-order valence-corrected chi connectivity index (χ1v) is 13.8. The van der Waals surface area contributed by atoms with Gasteiger partial charge >= 0.3 is 0 Å². The van der Waals surface area contributed by atoms with E-state index in [-0.39, 0.29) is 0 Å². The average molecular weight is 399 g/mol. The van der Waals surface area contributed by atoms with Gasteiger partial charge in [-0.3, -0.25) is 0 Å². The molecule has 0 atom stereocenters. The van der Waals surface area contributed by atoms with Gasteiger partial charge in [-0.05, 0) is 52.9 Å². The lowest BCUT2D eigenvalue weighted by Gasteiger charge is -2.33. The van der Waals surface area contributed by atoms with Crippen molar-refractivity contribution in [3.8, 4) is 11.3 Å². The van der Waals surface area contributed by atoms with Crippen LogP contribution < -0.4 is 14.7 Å². The predicted molar refractivity (Wildman–Crippen MR) is 126 cm³/mol. The third-order valence-corrected chi connectivity index (χ3v) is 8.58. The zero-order valence-electron chi connectivity index (χ0n) is 18.4. The van der Waals surface area contributed by atoms with E-state index in [2.05, 4.69) is 93.4 Å².